The van der Waals surface area contributed by atoms with Gasteiger partial charge in [0.25, 0.3) is 5.91 Å². The molecule has 6 heteroatoms. The first-order valence-electron chi connectivity index (χ1n) is 5.98. The zero-order chi connectivity index (χ0) is 14.0. The van der Waals surface area contributed by atoms with Crippen molar-refractivity contribution in [1.82, 2.24) is 10.6 Å². The fourth-order valence-corrected chi connectivity index (χ4v) is 2.01. The Morgan fingerprint density at radius 3 is 2.79 bits per heavy atom. The highest BCUT2D eigenvalue weighted by molar-refractivity contribution is 6.04. The van der Waals surface area contributed by atoms with E-state index in [2.05, 4.69) is 10.6 Å². The van der Waals surface area contributed by atoms with Gasteiger partial charge >= 0.3 is 0 Å². The fraction of sp³-hybridized carbons (Fsp3) is 0.308. The van der Waals surface area contributed by atoms with Crippen LogP contribution < -0.4 is 16.4 Å². The van der Waals surface area contributed by atoms with E-state index in [4.69, 9.17) is 5.73 Å². The van der Waals surface area contributed by atoms with Gasteiger partial charge in [-0.15, -0.1) is 0 Å². The Morgan fingerprint density at radius 2 is 2.16 bits per heavy atom. The third kappa shape index (κ3) is 2.90. The van der Waals surface area contributed by atoms with Crippen LogP contribution in [0.5, 0.6) is 0 Å². The minimum atomic E-state index is -0.665. The van der Waals surface area contributed by atoms with Gasteiger partial charge in [-0.05, 0) is 37.1 Å². The smallest absolute Gasteiger partial charge is 0.252 e. The molecule has 0 aliphatic carbocycles. The van der Waals surface area contributed by atoms with E-state index in [0.717, 1.165) is 5.56 Å². The normalized spacial score (nSPS) is 18.9. The number of amides is 3. The third-order valence-electron chi connectivity index (χ3n) is 3.04. The monoisotopic (exact) mass is 261 g/mol. The minimum Gasteiger partial charge on any atom is -0.399 e. The lowest BCUT2D eigenvalue weighted by Gasteiger charge is -2.22. The van der Waals surface area contributed by atoms with Crippen molar-refractivity contribution in [1.29, 1.82) is 0 Å². The van der Waals surface area contributed by atoms with Crippen LogP contribution in [0, 0.1) is 6.92 Å². The van der Waals surface area contributed by atoms with Crippen LogP contribution in [0.25, 0.3) is 0 Å². The molecule has 1 fully saturated rings. The molecule has 0 aromatic heterocycles. The molecule has 1 saturated heterocycles. The number of carbonyl (C=O) groups excluding carboxylic acids is 3. The summed E-state index contributed by atoms with van der Waals surface area (Å²) >= 11 is 0. The number of hydrogen-bond donors (Lipinski definition) is 3. The molecule has 1 aliphatic heterocycles. The van der Waals surface area contributed by atoms with Crippen LogP contribution in [0.3, 0.4) is 0 Å². The standard InChI is InChI=1S/C13H15N3O3/c1-7-6-8(14)2-3-9(7)12(18)15-10-4-5-11(17)16-13(10)19/h2-3,6,10H,4-5,14H2,1H3,(H,15,18)(H,16,17,19). The molecule has 1 aromatic carbocycles. The molecule has 0 saturated carbocycles. The second-order valence-electron chi connectivity index (χ2n) is 4.55. The van der Waals surface area contributed by atoms with Gasteiger partial charge in [0, 0.05) is 17.7 Å². The summed E-state index contributed by atoms with van der Waals surface area (Å²) in [5.74, 6) is -1.11. The second-order valence-corrected chi connectivity index (χ2v) is 4.55. The van der Waals surface area contributed by atoms with Crippen LogP contribution in [0.2, 0.25) is 0 Å². The zero-order valence-corrected chi connectivity index (χ0v) is 10.5. The van der Waals surface area contributed by atoms with Gasteiger partial charge < -0.3 is 11.1 Å². The first-order valence-corrected chi connectivity index (χ1v) is 5.98. The molecule has 0 spiro atoms. The Balaban J connectivity index is 2.09. The van der Waals surface area contributed by atoms with Crippen LogP contribution in [-0.2, 0) is 9.59 Å². The van der Waals surface area contributed by atoms with Crippen molar-refractivity contribution in [2.24, 2.45) is 0 Å². The van der Waals surface area contributed by atoms with Crippen molar-refractivity contribution in [3.63, 3.8) is 0 Å². The van der Waals surface area contributed by atoms with Crippen molar-refractivity contribution in [2.75, 3.05) is 5.73 Å². The Labute approximate surface area is 110 Å². The second kappa shape index (κ2) is 5.09. The van der Waals surface area contributed by atoms with E-state index in [-0.39, 0.29) is 18.2 Å². The summed E-state index contributed by atoms with van der Waals surface area (Å²) in [5.41, 5.74) is 7.41. The fourth-order valence-electron chi connectivity index (χ4n) is 2.01. The Hall–Kier alpha value is -2.37. The minimum absolute atomic E-state index is 0.234. The molecule has 1 unspecified atom stereocenters. The average molecular weight is 261 g/mol. The summed E-state index contributed by atoms with van der Waals surface area (Å²) in [6, 6.07) is 4.28. The molecule has 4 N–H and O–H groups in total. The van der Waals surface area contributed by atoms with E-state index in [1.54, 1.807) is 25.1 Å². The topological polar surface area (TPSA) is 101 Å². The number of piperidine rings is 1. The van der Waals surface area contributed by atoms with Crippen molar-refractivity contribution < 1.29 is 14.4 Å². The van der Waals surface area contributed by atoms with Gasteiger partial charge in [0.05, 0.1) is 0 Å². The molecule has 100 valence electrons. The Kier molecular flexibility index (Phi) is 3.50. The number of rotatable bonds is 2. The molecule has 3 amide bonds. The van der Waals surface area contributed by atoms with E-state index >= 15 is 0 Å². The highest BCUT2D eigenvalue weighted by Gasteiger charge is 2.28. The lowest BCUT2D eigenvalue weighted by atomic mass is 10.0. The maximum atomic E-state index is 12.1. The Morgan fingerprint density at radius 1 is 1.42 bits per heavy atom. The predicted molar refractivity (Wildman–Crippen MR) is 69.2 cm³/mol. The molecule has 0 radical (unpaired) electrons. The summed E-state index contributed by atoms with van der Waals surface area (Å²) in [6.45, 7) is 1.77. The highest BCUT2D eigenvalue weighted by Crippen LogP contribution is 2.13. The van der Waals surface area contributed by atoms with Crippen LogP contribution in [0.1, 0.15) is 28.8 Å². The lowest BCUT2D eigenvalue weighted by Crippen LogP contribution is -2.52. The number of benzene rings is 1. The number of anilines is 1. The van der Waals surface area contributed by atoms with Crippen LogP contribution in [0.15, 0.2) is 18.2 Å². The molecule has 2 rings (SSSR count). The number of nitrogens with one attached hydrogen (secondary N) is 2. The van der Waals surface area contributed by atoms with Crippen molar-refractivity contribution in [3.8, 4) is 0 Å². The van der Waals surface area contributed by atoms with Gasteiger partial charge in [-0.25, -0.2) is 0 Å². The Bertz CT molecular complexity index is 554. The number of hydrogen-bond acceptors (Lipinski definition) is 4. The average Bonchev–Trinajstić information content (AvgIpc) is 2.32. The summed E-state index contributed by atoms with van der Waals surface area (Å²) in [7, 11) is 0. The van der Waals surface area contributed by atoms with Crippen molar-refractivity contribution in [3.05, 3.63) is 29.3 Å². The van der Waals surface area contributed by atoms with Gasteiger partial charge in [-0.1, -0.05) is 0 Å². The van der Waals surface area contributed by atoms with Crippen LogP contribution in [0.4, 0.5) is 5.69 Å². The molecule has 1 aromatic rings. The van der Waals surface area contributed by atoms with Crippen LogP contribution in [-0.4, -0.2) is 23.8 Å². The van der Waals surface area contributed by atoms with Gasteiger partial charge in [0.1, 0.15) is 6.04 Å². The van der Waals surface area contributed by atoms with E-state index in [9.17, 15) is 14.4 Å². The van der Waals surface area contributed by atoms with Crippen LogP contribution >= 0.6 is 0 Å². The quantitative estimate of drug-likeness (QED) is 0.519. The van der Waals surface area contributed by atoms with E-state index < -0.39 is 11.9 Å². The first-order chi connectivity index (χ1) is 8.97. The van der Waals surface area contributed by atoms with Crippen molar-refractivity contribution in [2.45, 2.75) is 25.8 Å². The predicted octanol–water partition coefficient (Wildman–Crippen LogP) is 0.112. The van der Waals surface area contributed by atoms with E-state index in [0.29, 0.717) is 17.7 Å². The molecule has 0 bridgehead atoms. The molecular weight excluding hydrogens is 246 g/mol. The summed E-state index contributed by atoms with van der Waals surface area (Å²) < 4.78 is 0. The first kappa shape index (κ1) is 13.1. The summed E-state index contributed by atoms with van der Waals surface area (Å²) in [4.78, 5) is 34.6. The zero-order valence-electron chi connectivity index (χ0n) is 10.5. The number of imide groups is 1. The molecule has 19 heavy (non-hydrogen) atoms. The maximum Gasteiger partial charge on any atom is 0.252 e. The summed E-state index contributed by atoms with van der Waals surface area (Å²) in [6.07, 6.45) is 0.557. The van der Waals surface area contributed by atoms with Gasteiger partial charge in [0.15, 0.2) is 0 Å². The summed E-state index contributed by atoms with van der Waals surface area (Å²) in [5, 5.41) is 4.82. The molecule has 1 aliphatic rings. The van der Waals surface area contributed by atoms with E-state index in [1.807, 2.05) is 0 Å². The largest absolute Gasteiger partial charge is 0.399 e. The lowest BCUT2D eigenvalue weighted by molar-refractivity contribution is -0.134. The molecular formula is C13H15N3O3. The maximum absolute atomic E-state index is 12.1. The van der Waals surface area contributed by atoms with Crippen molar-refractivity contribution >= 4 is 23.4 Å². The number of aryl methyl sites for hydroxylation is 1. The molecule has 6 nitrogen and oxygen atoms in total. The number of nitrogens with two attached hydrogens (primary N) is 1. The number of carbonyl (C=O) groups is 3. The van der Waals surface area contributed by atoms with E-state index in [1.165, 1.54) is 0 Å². The highest BCUT2D eigenvalue weighted by atomic mass is 16.2. The number of nitrogen functional groups attached to an aromatic ring is 1. The molecule has 1 heterocycles. The van der Waals surface area contributed by atoms with Gasteiger partial charge in [-0.3, -0.25) is 19.7 Å². The molecule has 1 atom stereocenters. The SMILES string of the molecule is Cc1cc(N)ccc1C(=O)NC1CCC(=O)NC1=O. The van der Waals surface area contributed by atoms with Gasteiger partial charge in [-0.2, -0.15) is 0 Å². The third-order valence-corrected chi connectivity index (χ3v) is 3.04. The van der Waals surface area contributed by atoms with Gasteiger partial charge in [0.2, 0.25) is 11.8 Å².